The van der Waals surface area contributed by atoms with E-state index < -0.39 is 12.2 Å². The number of ether oxygens (including phenoxy) is 2. The van der Waals surface area contributed by atoms with Crippen molar-refractivity contribution in [3.8, 4) is 11.5 Å². The van der Waals surface area contributed by atoms with Crippen LogP contribution in [0.2, 0.25) is 0 Å². The molecule has 0 radical (unpaired) electrons. The van der Waals surface area contributed by atoms with Crippen molar-refractivity contribution in [2.45, 2.75) is 26.1 Å². The number of hydrogen-bond donors (Lipinski definition) is 2. The third kappa shape index (κ3) is 3.85. The number of benzene rings is 2. The molecule has 4 nitrogen and oxygen atoms in total. The molecule has 108 valence electrons. The molecule has 0 aliphatic heterocycles. The molecule has 0 saturated heterocycles. The van der Waals surface area contributed by atoms with E-state index in [2.05, 4.69) is 0 Å². The maximum Gasteiger partial charge on any atom is 0.127 e. The van der Waals surface area contributed by atoms with Crippen LogP contribution in [0.1, 0.15) is 13.8 Å². The lowest BCUT2D eigenvalue weighted by Gasteiger charge is -2.12. The largest absolute Gasteiger partial charge is 0.491 e. The molecule has 2 unspecified atom stereocenters. The zero-order valence-electron chi connectivity index (χ0n) is 11.7. The van der Waals surface area contributed by atoms with E-state index in [0.717, 1.165) is 16.5 Å². The molecular weight excluding hydrogens is 256 g/mol. The average Bonchev–Trinajstić information content (AvgIpc) is 2.42. The first-order valence-electron chi connectivity index (χ1n) is 6.71. The van der Waals surface area contributed by atoms with Gasteiger partial charge < -0.3 is 19.7 Å². The average molecular weight is 276 g/mol. The van der Waals surface area contributed by atoms with Crippen molar-refractivity contribution in [1.29, 1.82) is 0 Å². The van der Waals surface area contributed by atoms with E-state index in [-0.39, 0.29) is 13.2 Å². The molecule has 2 atom stereocenters. The molecule has 0 aromatic heterocycles. The normalized spacial score (nSPS) is 14.0. The summed E-state index contributed by atoms with van der Waals surface area (Å²) in [4.78, 5) is 0. The van der Waals surface area contributed by atoms with Gasteiger partial charge in [0.15, 0.2) is 0 Å². The smallest absolute Gasteiger partial charge is 0.127 e. The van der Waals surface area contributed by atoms with E-state index in [1.54, 1.807) is 13.8 Å². The maximum absolute atomic E-state index is 9.28. The molecule has 2 N–H and O–H groups in total. The lowest BCUT2D eigenvalue weighted by atomic mass is 10.1. The monoisotopic (exact) mass is 276 g/mol. The third-order valence-electron chi connectivity index (χ3n) is 2.78. The topological polar surface area (TPSA) is 58.9 Å². The minimum atomic E-state index is -0.501. The van der Waals surface area contributed by atoms with Gasteiger partial charge in [0.2, 0.25) is 0 Å². The van der Waals surface area contributed by atoms with Crippen molar-refractivity contribution in [2.75, 3.05) is 13.2 Å². The summed E-state index contributed by atoms with van der Waals surface area (Å²) in [5, 5.41) is 20.5. The minimum Gasteiger partial charge on any atom is -0.491 e. The van der Waals surface area contributed by atoms with Crippen molar-refractivity contribution < 1.29 is 19.7 Å². The second-order valence-electron chi connectivity index (χ2n) is 4.96. The quantitative estimate of drug-likeness (QED) is 0.850. The van der Waals surface area contributed by atoms with Crippen LogP contribution in [0.15, 0.2) is 36.4 Å². The van der Waals surface area contributed by atoms with Crippen LogP contribution in [0, 0.1) is 0 Å². The van der Waals surface area contributed by atoms with Crippen LogP contribution >= 0.6 is 0 Å². The van der Waals surface area contributed by atoms with Gasteiger partial charge in [-0.3, -0.25) is 0 Å². The number of aliphatic hydroxyl groups excluding tert-OH is 2. The van der Waals surface area contributed by atoms with Gasteiger partial charge in [-0.25, -0.2) is 0 Å². The first kappa shape index (κ1) is 14.6. The first-order valence-corrected chi connectivity index (χ1v) is 6.71. The maximum atomic E-state index is 9.28. The number of aliphatic hydroxyl groups is 2. The fourth-order valence-corrected chi connectivity index (χ4v) is 1.87. The summed E-state index contributed by atoms with van der Waals surface area (Å²) in [7, 11) is 0. The molecule has 0 spiro atoms. The van der Waals surface area contributed by atoms with Crippen molar-refractivity contribution in [1.82, 2.24) is 0 Å². The molecule has 2 aromatic rings. The Morgan fingerprint density at radius 3 is 2.35 bits per heavy atom. The fraction of sp³-hybridized carbons (Fsp3) is 0.375. The van der Waals surface area contributed by atoms with Crippen molar-refractivity contribution in [3.05, 3.63) is 36.4 Å². The Labute approximate surface area is 118 Å². The molecule has 2 aromatic carbocycles. The van der Waals surface area contributed by atoms with E-state index in [1.807, 2.05) is 36.4 Å². The van der Waals surface area contributed by atoms with Crippen LogP contribution in [0.5, 0.6) is 11.5 Å². The van der Waals surface area contributed by atoms with Crippen LogP contribution in [0.3, 0.4) is 0 Å². The highest BCUT2D eigenvalue weighted by atomic mass is 16.5. The van der Waals surface area contributed by atoms with Gasteiger partial charge in [0.1, 0.15) is 24.7 Å². The lowest BCUT2D eigenvalue weighted by Crippen LogP contribution is -2.13. The van der Waals surface area contributed by atoms with E-state index in [1.165, 1.54) is 0 Å². The number of fused-ring (bicyclic) bond motifs is 1. The van der Waals surface area contributed by atoms with E-state index in [4.69, 9.17) is 9.47 Å². The molecule has 20 heavy (non-hydrogen) atoms. The zero-order valence-corrected chi connectivity index (χ0v) is 11.7. The minimum absolute atomic E-state index is 0.263. The Bertz CT molecular complexity index is 563. The van der Waals surface area contributed by atoms with Crippen LogP contribution in [0.4, 0.5) is 0 Å². The summed E-state index contributed by atoms with van der Waals surface area (Å²) in [6.45, 7) is 3.90. The van der Waals surface area contributed by atoms with Gasteiger partial charge in [0.25, 0.3) is 0 Å². The van der Waals surface area contributed by atoms with Gasteiger partial charge in [-0.2, -0.15) is 0 Å². The van der Waals surface area contributed by atoms with E-state index in [0.29, 0.717) is 5.75 Å². The van der Waals surface area contributed by atoms with Crippen molar-refractivity contribution >= 4 is 10.8 Å². The predicted octanol–water partition coefficient (Wildman–Crippen LogP) is 2.36. The molecule has 0 aliphatic carbocycles. The standard InChI is InChI=1S/C16H20O4/c1-11(17)9-19-14-6-7-15-13(8-14)4-3-5-16(15)20-10-12(2)18/h3-8,11-12,17-18H,9-10H2,1-2H3. The second kappa shape index (κ2) is 6.59. The molecule has 0 heterocycles. The Morgan fingerprint density at radius 1 is 0.950 bits per heavy atom. The summed E-state index contributed by atoms with van der Waals surface area (Å²) in [5.74, 6) is 1.46. The highest BCUT2D eigenvalue weighted by Crippen LogP contribution is 2.29. The number of rotatable bonds is 6. The second-order valence-corrected chi connectivity index (χ2v) is 4.96. The molecule has 4 heteroatoms. The number of hydrogen-bond acceptors (Lipinski definition) is 4. The van der Waals surface area contributed by atoms with Crippen LogP contribution in [-0.4, -0.2) is 35.6 Å². The molecule has 0 aliphatic rings. The van der Waals surface area contributed by atoms with Crippen molar-refractivity contribution in [3.63, 3.8) is 0 Å². The van der Waals surface area contributed by atoms with Gasteiger partial charge >= 0.3 is 0 Å². The molecule has 2 rings (SSSR count). The van der Waals surface area contributed by atoms with E-state index >= 15 is 0 Å². The summed E-state index contributed by atoms with van der Waals surface area (Å²) in [5.41, 5.74) is 0. The van der Waals surface area contributed by atoms with E-state index in [9.17, 15) is 10.2 Å². The third-order valence-corrected chi connectivity index (χ3v) is 2.78. The Kier molecular flexibility index (Phi) is 4.82. The highest BCUT2D eigenvalue weighted by Gasteiger charge is 2.06. The molecule has 0 saturated carbocycles. The van der Waals surface area contributed by atoms with Gasteiger partial charge in [-0.1, -0.05) is 12.1 Å². The SMILES string of the molecule is CC(O)COc1ccc2c(OCC(C)O)cccc2c1. The predicted molar refractivity (Wildman–Crippen MR) is 78.3 cm³/mol. The summed E-state index contributed by atoms with van der Waals surface area (Å²) in [6.07, 6.45) is -0.995. The van der Waals surface area contributed by atoms with Gasteiger partial charge in [0, 0.05) is 5.39 Å². The summed E-state index contributed by atoms with van der Waals surface area (Å²) < 4.78 is 11.1. The molecule has 0 fully saturated rings. The fourth-order valence-electron chi connectivity index (χ4n) is 1.87. The Hall–Kier alpha value is -1.78. The molecule has 0 bridgehead atoms. The van der Waals surface area contributed by atoms with Crippen LogP contribution in [0.25, 0.3) is 10.8 Å². The van der Waals surface area contributed by atoms with Gasteiger partial charge in [0.05, 0.1) is 12.2 Å². The highest BCUT2D eigenvalue weighted by molar-refractivity contribution is 5.89. The zero-order chi connectivity index (χ0) is 14.5. The van der Waals surface area contributed by atoms with Gasteiger partial charge in [-0.05, 0) is 43.5 Å². The van der Waals surface area contributed by atoms with Gasteiger partial charge in [-0.15, -0.1) is 0 Å². The Morgan fingerprint density at radius 2 is 1.65 bits per heavy atom. The molecular formula is C16H20O4. The summed E-state index contributed by atoms with van der Waals surface area (Å²) in [6, 6.07) is 11.4. The van der Waals surface area contributed by atoms with Crippen molar-refractivity contribution in [2.24, 2.45) is 0 Å². The first-order chi connectivity index (χ1) is 9.56. The molecule has 0 amide bonds. The Balaban J connectivity index is 2.21. The van der Waals surface area contributed by atoms with Crippen LogP contribution < -0.4 is 9.47 Å². The lowest BCUT2D eigenvalue weighted by molar-refractivity contribution is 0.122. The van der Waals surface area contributed by atoms with Crippen LogP contribution in [-0.2, 0) is 0 Å². The summed E-state index contributed by atoms with van der Waals surface area (Å²) >= 11 is 0.